The van der Waals surface area contributed by atoms with Gasteiger partial charge in [0.05, 0.1) is 7.11 Å². The molecule has 90 valence electrons. The number of aromatic amines is 1. The fourth-order valence-electron chi connectivity index (χ4n) is 2.86. The molecule has 0 spiro atoms. The third-order valence-corrected chi connectivity index (χ3v) is 3.91. The molecule has 1 aliphatic carbocycles. The van der Waals surface area contributed by atoms with Crippen molar-refractivity contribution >= 4 is 10.9 Å². The number of nitrogens with one attached hydrogen (secondary N) is 1. The Kier molecular flexibility index (Phi) is 2.22. The lowest BCUT2D eigenvalue weighted by atomic mass is 9.76. The fourth-order valence-corrected chi connectivity index (χ4v) is 2.86. The molecule has 1 aromatic heterocycles. The van der Waals surface area contributed by atoms with Gasteiger partial charge in [-0.1, -0.05) is 13.8 Å². The molecule has 3 rings (SSSR count). The van der Waals surface area contributed by atoms with Gasteiger partial charge >= 0.3 is 0 Å². The molecule has 1 N–H and O–H groups in total. The lowest BCUT2D eigenvalue weighted by Crippen LogP contribution is -2.21. The van der Waals surface area contributed by atoms with E-state index in [1.165, 1.54) is 35.0 Å². The van der Waals surface area contributed by atoms with Crippen LogP contribution in [0.25, 0.3) is 10.9 Å². The molecule has 0 radical (unpaired) electrons. The first-order chi connectivity index (χ1) is 8.09. The summed E-state index contributed by atoms with van der Waals surface area (Å²) >= 11 is 0. The highest BCUT2D eigenvalue weighted by Crippen LogP contribution is 2.38. The third-order valence-electron chi connectivity index (χ3n) is 3.91. The number of rotatable bonds is 1. The van der Waals surface area contributed by atoms with E-state index in [9.17, 15) is 0 Å². The molecule has 0 saturated carbocycles. The van der Waals surface area contributed by atoms with E-state index in [2.05, 4.69) is 31.0 Å². The molecule has 1 heterocycles. The summed E-state index contributed by atoms with van der Waals surface area (Å²) in [6.45, 7) is 4.71. The van der Waals surface area contributed by atoms with Gasteiger partial charge in [-0.3, -0.25) is 0 Å². The molecule has 2 heteroatoms. The Hall–Kier alpha value is -1.44. The molecule has 0 unspecified atom stereocenters. The third kappa shape index (κ3) is 1.72. The van der Waals surface area contributed by atoms with Gasteiger partial charge in [-0.05, 0) is 48.4 Å². The van der Waals surface area contributed by atoms with Gasteiger partial charge in [0.25, 0.3) is 0 Å². The summed E-state index contributed by atoms with van der Waals surface area (Å²) in [6, 6.07) is 6.31. The second kappa shape index (κ2) is 3.52. The summed E-state index contributed by atoms with van der Waals surface area (Å²) in [7, 11) is 1.73. The second-order valence-electron chi connectivity index (χ2n) is 5.83. The number of H-pyrrole nitrogens is 1. The van der Waals surface area contributed by atoms with Gasteiger partial charge in [0.2, 0.25) is 0 Å². The van der Waals surface area contributed by atoms with Crippen molar-refractivity contribution in [3.63, 3.8) is 0 Å². The molecule has 2 nitrogen and oxygen atoms in total. The maximum Gasteiger partial charge on any atom is 0.119 e. The summed E-state index contributed by atoms with van der Waals surface area (Å²) in [5.74, 6) is 0.947. The smallest absolute Gasteiger partial charge is 0.119 e. The minimum Gasteiger partial charge on any atom is -0.497 e. The average Bonchev–Trinajstić information content (AvgIpc) is 2.65. The lowest BCUT2D eigenvalue weighted by Gasteiger charge is -2.29. The van der Waals surface area contributed by atoms with Crippen molar-refractivity contribution < 1.29 is 4.74 Å². The first kappa shape index (κ1) is 10.7. The Labute approximate surface area is 102 Å². The minimum atomic E-state index is 0.422. The van der Waals surface area contributed by atoms with Crippen molar-refractivity contribution in [3.05, 3.63) is 29.5 Å². The van der Waals surface area contributed by atoms with E-state index >= 15 is 0 Å². The highest BCUT2D eigenvalue weighted by Gasteiger charge is 2.27. The van der Waals surface area contributed by atoms with Crippen molar-refractivity contribution in [1.82, 2.24) is 4.98 Å². The van der Waals surface area contributed by atoms with Gasteiger partial charge in [-0.2, -0.15) is 0 Å². The molecule has 0 atom stereocenters. The van der Waals surface area contributed by atoms with Crippen molar-refractivity contribution in [2.24, 2.45) is 5.41 Å². The number of fused-ring (bicyclic) bond motifs is 3. The van der Waals surface area contributed by atoms with Crippen LogP contribution < -0.4 is 4.74 Å². The largest absolute Gasteiger partial charge is 0.497 e. The van der Waals surface area contributed by atoms with Gasteiger partial charge in [-0.25, -0.2) is 0 Å². The highest BCUT2D eigenvalue weighted by atomic mass is 16.5. The van der Waals surface area contributed by atoms with Gasteiger partial charge in [0.15, 0.2) is 0 Å². The summed E-state index contributed by atoms with van der Waals surface area (Å²) in [5, 5.41) is 1.34. The summed E-state index contributed by atoms with van der Waals surface area (Å²) in [4.78, 5) is 3.55. The second-order valence-corrected chi connectivity index (χ2v) is 5.83. The van der Waals surface area contributed by atoms with Gasteiger partial charge in [0, 0.05) is 16.6 Å². The van der Waals surface area contributed by atoms with Gasteiger partial charge < -0.3 is 9.72 Å². The first-order valence-electron chi connectivity index (χ1n) is 6.26. The zero-order chi connectivity index (χ0) is 12.0. The number of hydrogen-bond donors (Lipinski definition) is 1. The van der Waals surface area contributed by atoms with E-state index in [0.717, 1.165) is 12.2 Å². The van der Waals surface area contributed by atoms with Crippen molar-refractivity contribution in [2.45, 2.75) is 33.1 Å². The maximum atomic E-state index is 5.32. The van der Waals surface area contributed by atoms with Crippen LogP contribution in [0, 0.1) is 5.41 Å². The van der Waals surface area contributed by atoms with Crippen LogP contribution in [0.3, 0.4) is 0 Å². The molecule has 0 amide bonds. The van der Waals surface area contributed by atoms with E-state index < -0.39 is 0 Å². The quantitative estimate of drug-likeness (QED) is 0.792. The molecule has 0 bridgehead atoms. The van der Waals surface area contributed by atoms with Crippen molar-refractivity contribution in [3.8, 4) is 5.75 Å². The zero-order valence-electron chi connectivity index (χ0n) is 10.8. The standard InChI is InChI=1S/C15H19NO/c1-15(2)7-6-14-12(9-15)11-8-10(17-3)4-5-13(11)16-14/h4-5,8,16H,6-7,9H2,1-3H3. The minimum absolute atomic E-state index is 0.422. The Bertz CT molecular complexity index is 566. The van der Waals surface area contributed by atoms with Gasteiger partial charge in [-0.15, -0.1) is 0 Å². The Balaban J connectivity index is 2.19. The number of aromatic nitrogens is 1. The average molecular weight is 229 g/mol. The van der Waals surface area contributed by atoms with E-state index in [1.807, 2.05) is 6.07 Å². The van der Waals surface area contributed by atoms with Gasteiger partial charge in [0.1, 0.15) is 5.75 Å². The number of ether oxygens (including phenoxy) is 1. The fraction of sp³-hybridized carbons (Fsp3) is 0.467. The molecular weight excluding hydrogens is 210 g/mol. The molecule has 1 aliphatic rings. The topological polar surface area (TPSA) is 25.0 Å². The van der Waals surface area contributed by atoms with Crippen molar-refractivity contribution in [2.75, 3.05) is 7.11 Å². The monoisotopic (exact) mass is 229 g/mol. The molecule has 0 saturated heterocycles. The van der Waals surface area contributed by atoms with E-state index in [4.69, 9.17) is 4.74 Å². The molecule has 0 aliphatic heterocycles. The summed E-state index contributed by atoms with van der Waals surface area (Å²) in [6.07, 6.45) is 3.60. The Morgan fingerprint density at radius 3 is 2.88 bits per heavy atom. The van der Waals surface area contributed by atoms with Crippen LogP contribution in [0.15, 0.2) is 18.2 Å². The molecule has 2 aromatic rings. The van der Waals surface area contributed by atoms with Crippen LogP contribution in [0.4, 0.5) is 0 Å². The molecular formula is C15H19NO. The van der Waals surface area contributed by atoms with Crippen LogP contribution in [0.5, 0.6) is 5.75 Å². The summed E-state index contributed by atoms with van der Waals surface area (Å²) < 4.78 is 5.32. The number of benzene rings is 1. The predicted octanol–water partition coefficient (Wildman–Crippen LogP) is 3.69. The van der Waals surface area contributed by atoms with Crippen molar-refractivity contribution in [1.29, 1.82) is 0 Å². The molecule has 0 fully saturated rings. The number of aryl methyl sites for hydroxylation is 1. The van der Waals surface area contributed by atoms with Crippen LogP contribution in [0.2, 0.25) is 0 Å². The van der Waals surface area contributed by atoms with E-state index in [-0.39, 0.29) is 0 Å². The maximum absolute atomic E-state index is 5.32. The lowest BCUT2D eigenvalue weighted by molar-refractivity contribution is 0.315. The Morgan fingerprint density at radius 2 is 2.12 bits per heavy atom. The molecule has 1 aromatic carbocycles. The molecule has 17 heavy (non-hydrogen) atoms. The Morgan fingerprint density at radius 1 is 1.29 bits per heavy atom. The van der Waals surface area contributed by atoms with Crippen LogP contribution in [-0.2, 0) is 12.8 Å². The number of hydrogen-bond acceptors (Lipinski definition) is 1. The summed E-state index contributed by atoms with van der Waals surface area (Å²) in [5.41, 5.74) is 4.58. The normalized spacial score (nSPS) is 18.1. The first-order valence-corrected chi connectivity index (χ1v) is 6.26. The SMILES string of the molecule is COc1ccc2[nH]c3c(c2c1)CC(C)(C)CC3. The predicted molar refractivity (Wildman–Crippen MR) is 70.7 cm³/mol. The number of methoxy groups -OCH3 is 1. The highest BCUT2D eigenvalue weighted by molar-refractivity contribution is 5.86. The van der Waals surface area contributed by atoms with Crippen LogP contribution in [0.1, 0.15) is 31.5 Å². The van der Waals surface area contributed by atoms with E-state index in [0.29, 0.717) is 5.41 Å². The zero-order valence-corrected chi connectivity index (χ0v) is 10.8. The van der Waals surface area contributed by atoms with E-state index in [1.54, 1.807) is 7.11 Å². The van der Waals surface area contributed by atoms with Crippen LogP contribution >= 0.6 is 0 Å². The van der Waals surface area contributed by atoms with Crippen LogP contribution in [-0.4, -0.2) is 12.1 Å².